The van der Waals surface area contributed by atoms with E-state index in [1.165, 1.54) is 11.4 Å². The van der Waals surface area contributed by atoms with Crippen molar-refractivity contribution in [2.24, 2.45) is 0 Å². The monoisotopic (exact) mass is 332 g/mol. The first kappa shape index (κ1) is 15.0. The van der Waals surface area contributed by atoms with Crippen molar-refractivity contribution in [3.05, 3.63) is 24.3 Å². The largest absolute Gasteiger partial charge is 0.377 e. The van der Waals surface area contributed by atoms with E-state index < -0.39 is 0 Å². The molecule has 0 bridgehead atoms. The van der Waals surface area contributed by atoms with E-state index in [-0.39, 0.29) is 0 Å². The average molecular weight is 332 g/mol. The Hall–Kier alpha value is -1.34. The van der Waals surface area contributed by atoms with Gasteiger partial charge in [0.25, 0.3) is 0 Å². The number of rotatable bonds is 9. The van der Waals surface area contributed by atoms with Crippen molar-refractivity contribution in [1.29, 1.82) is 0 Å². The molecule has 0 aliphatic carbocycles. The second kappa shape index (κ2) is 6.19. The molecule has 1 aromatic carbocycles. The van der Waals surface area contributed by atoms with Gasteiger partial charge in [-0.25, -0.2) is 0 Å². The fourth-order valence-corrected chi connectivity index (χ4v) is 3.24. The van der Waals surface area contributed by atoms with Gasteiger partial charge in [0.05, 0.1) is 57.4 Å². The molecule has 1 aromatic rings. The van der Waals surface area contributed by atoms with Gasteiger partial charge in [0.2, 0.25) is 0 Å². The maximum absolute atomic E-state index is 5.42. The molecule has 4 fully saturated rings. The highest BCUT2D eigenvalue weighted by Crippen LogP contribution is 2.28. The number of anilines is 2. The fourth-order valence-electron chi connectivity index (χ4n) is 3.24. The predicted octanol–water partition coefficient (Wildman–Crippen LogP) is 0.895. The van der Waals surface area contributed by atoms with E-state index in [4.69, 9.17) is 18.9 Å². The lowest BCUT2D eigenvalue weighted by Gasteiger charge is -2.39. The number of nitrogens with zero attached hydrogens (tertiary/aromatic N) is 2. The van der Waals surface area contributed by atoms with Crippen LogP contribution in [0.15, 0.2) is 24.3 Å². The Morgan fingerprint density at radius 3 is 1.67 bits per heavy atom. The third-order valence-corrected chi connectivity index (χ3v) is 5.06. The van der Waals surface area contributed by atoms with Crippen LogP contribution in [0.3, 0.4) is 0 Å². The molecule has 4 heterocycles. The van der Waals surface area contributed by atoms with Crippen molar-refractivity contribution in [2.45, 2.75) is 24.4 Å². The quantitative estimate of drug-likeness (QED) is 0.626. The molecule has 4 aliphatic heterocycles. The van der Waals surface area contributed by atoms with Gasteiger partial charge >= 0.3 is 0 Å². The van der Waals surface area contributed by atoms with Gasteiger partial charge in [0.1, 0.15) is 0 Å². The standard InChI is InChI=1S/C18H24N2O4/c1-3-14(20(7-18-12-24-18)15-8-21-9-15)4-2-13(1)19(5-16-10-22-16)6-17-11-23-17/h1-4,15-18H,5-12H2. The molecule has 0 spiro atoms. The van der Waals surface area contributed by atoms with E-state index in [0.29, 0.717) is 24.4 Å². The van der Waals surface area contributed by atoms with Crippen molar-refractivity contribution < 1.29 is 18.9 Å². The topological polar surface area (TPSA) is 53.3 Å². The van der Waals surface area contributed by atoms with Gasteiger partial charge in [-0.2, -0.15) is 0 Å². The lowest BCUT2D eigenvalue weighted by molar-refractivity contribution is 0.00764. The lowest BCUT2D eigenvalue weighted by atomic mass is 10.1. The molecule has 0 radical (unpaired) electrons. The van der Waals surface area contributed by atoms with E-state index in [9.17, 15) is 0 Å². The number of benzene rings is 1. The summed E-state index contributed by atoms with van der Waals surface area (Å²) in [4.78, 5) is 4.82. The van der Waals surface area contributed by atoms with E-state index >= 15 is 0 Å². The van der Waals surface area contributed by atoms with Crippen LogP contribution in [0.25, 0.3) is 0 Å². The van der Waals surface area contributed by atoms with Crippen LogP contribution >= 0.6 is 0 Å². The van der Waals surface area contributed by atoms with Crippen molar-refractivity contribution in [1.82, 2.24) is 0 Å². The van der Waals surface area contributed by atoms with Crippen LogP contribution < -0.4 is 9.80 Å². The van der Waals surface area contributed by atoms with Crippen molar-refractivity contribution in [3.63, 3.8) is 0 Å². The van der Waals surface area contributed by atoms with Gasteiger partial charge in [-0.15, -0.1) is 0 Å². The Morgan fingerprint density at radius 2 is 1.21 bits per heavy atom. The SMILES string of the molecule is c1cc(N(CC2CO2)C2COC2)ccc1N(CC1CO1)CC1CO1. The summed E-state index contributed by atoms with van der Waals surface area (Å²) >= 11 is 0. The predicted molar refractivity (Wildman–Crippen MR) is 89.8 cm³/mol. The van der Waals surface area contributed by atoms with Crippen molar-refractivity contribution in [2.75, 3.05) is 62.5 Å². The first-order valence-electron chi connectivity index (χ1n) is 8.89. The molecular formula is C18H24N2O4. The average Bonchev–Trinajstić information content (AvgIpc) is 3.39. The summed E-state index contributed by atoms with van der Waals surface area (Å²) in [6, 6.07) is 9.38. The number of hydrogen-bond acceptors (Lipinski definition) is 6. The van der Waals surface area contributed by atoms with Crippen LogP contribution in [0.2, 0.25) is 0 Å². The minimum absolute atomic E-state index is 0.388. The number of hydrogen-bond donors (Lipinski definition) is 0. The molecule has 0 saturated carbocycles. The molecule has 4 saturated heterocycles. The third kappa shape index (κ3) is 3.52. The maximum Gasteiger partial charge on any atom is 0.0984 e. The molecule has 6 heteroatoms. The highest BCUT2D eigenvalue weighted by molar-refractivity contribution is 5.57. The Morgan fingerprint density at radius 1 is 0.708 bits per heavy atom. The van der Waals surface area contributed by atoms with Gasteiger partial charge in [-0.3, -0.25) is 0 Å². The Balaban J connectivity index is 1.30. The molecule has 3 unspecified atom stereocenters. The Kier molecular flexibility index (Phi) is 3.86. The van der Waals surface area contributed by atoms with Crippen LogP contribution in [0.4, 0.5) is 11.4 Å². The number of ether oxygens (including phenoxy) is 4. The van der Waals surface area contributed by atoms with Crippen LogP contribution in [-0.4, -0.2) is 77.0 Å². The second-order valence-corrected chi connectivity index (χ2v) is 7.13. The van der Waals surface area contributed by atoms with E-state index in [2.05, 4.69) is 34.1 Å². The summed E-state index contributed by atoms with van der Waals surface area (Å²) in [6.07, 6.45) is 1.17. The minimum atomic E-state index is 0.388. The zero-order chi connectivity index (χ0) is 15.9. The van der Waals surface area contributed by atoms with Crippen LogP contribution in [0.5, 0.6) is 0 Å². The molecular weight excluding hydrogens is 308 g/mol. The van der Waals surface area contributed by atoms with Gasteiger partial charge in [-0.05, 0) is 24.3 Å². The molecule has 24 heavy (non-hydrogen) atoms. The molecule has 5 rings (SSSR count). The Labute approximate surface area is 142 Å². The van der Waals surface area contributed by atoms with Gasteiger partial charge in [0.15, 0.2) is 0 Å². The van der Waals surface area contributed by atoms with Gasteiger partial charge < -0.3 is 28.7 Å². The first-order chi connectivity index (χ1) is 11.8. The molecule has 3 atom stereocenters. The number of epoxide rings is 3. The van der Waals surface area contributed by atoms with Crippen LogP contribution in [-0.2, 0) is 18.9 Å². The van der Waals surface area contributed by atoms with Crippen molar-refractivity contribution >= 4 is 11.4 Å². The summed E-state index contributed by atoms with van der Waals surface area (Å²) in [6.45, 7) is 7.16. The summed E-state index contributed by atoms with van der Waals surface area (Å²) in [5, 5.41) is 0. The Bertz CT molecular complexity index is 551. The third-order valence-electron chi connectivity index (χ3n) is 5.06. The van der Waals surface area contributed by atoms with Gasteiger partial charge in [-0.1, -0.05) is 0 Å². The van der Waals surface area contributed by atoms with Crippen LogP contribution in [0.1, 0.15) is 0 Å². The zero-order valence-corrected chi connectivity index (χ0v) is 13.8. The fraction of sp³-hybridized carbons (Fsp3) is 0.667. The smallest absolute Gasteiger partial charge is 0.0984 e. The summed E-state index contributed by atoms with van der Waals surface area (Å²) in [7, 11) is 0. The molecule has 4 aliphatic rings. The van der Waals surface area contributed by atoms with E-state index in [1.807, 2.05) is 0 Å². The highest BCUT2D eigenvalue weighted by Gasteiger charge is 2.33. The van der Waals surface area contributed by atoms with E-state index in [1.54, 1.807) is 0 Å². The lowest BCUT2D eigenvalue weighted by Crippen LogP contribution is -2.50. The normalized spacial score (nSPS) is 30.6. The maximum atomic E-state index is 5.42. The van der Waals surface area contributed by atoms with Crippen molar-refractivity contribution in [3.8, 4) is 0 Å². The zero-order valence-electron chi connectivity index (χ0n) is 13.8. The first-order valence-corrected chi connectivity index (χ1v) is 8.89. The molecule has 0 amide bonds. The minimum Gasteiger partial charge on any atom is -0.377 e. The molecule has 0 N–H and O–H groups in total. The molecule has 0 aromatic heterocycles. The summed E-state index contributed by atoms with van der Waals surface area (Å²) in [5.74, 6) is 0. The second-order valence-electron chi connectivity index (χ2n) is 7.13. The molecule has 6 nitrogen and oxygen atoms in total. The summed E-state index contributed by atoms with van der Waals surface area (Å²) < 4.78 is 21.6. The van der Waals surface area contributed by atoms with Gasteiger partial charge in [0, 0.05) is 31.0 Å². The summed E-state index contributed by atoms with van der Waals surface area (Å²) in [5.41, 5.74) is 2.50. The van der Waals surface area contributed by atoms with E-state index in [0.717, 1.165) is 52.7 Å². The molecule has 130 valence electrons. The highest BCUT2D eigenvalue weighted by atomic mass is 16.6. The van der Waals surface area contributed by atoms with Crippen LogP contribution in [0, 0.1) is 0 Å².